The van der Waals surface area contributed by atoms with Crippen molar-refractivity contribution in [1.82, 2.24) is 5.01 Å². The van der Waals surface area contributed by atoms with Crippen LogP contribution in [0.15, 0.2) is 24.3 Å². The Hall–Kier alpha value is -1.11. The molecule has 3 N–H and O–H groups in total. The topological polar surface area (TPSA) is 49.5 Å². The maximum Gasteiger partial charge on any atom is 0.416 e. The molecule has 1 unspecified atom stereocenters. The highest BCUT2D eigenvalue weighted by atomic mass is 19.4. The number of nitrogens with two attached hydrogens (primary N) is 1. The number of nitrogens with zero attached hydrogens (tertiary/aromatic N) is 1. The number of hydrazine groups is 1. The molecule has 1 aromatic carbocycles. The summed E-state index contributed by atoms with van der Waals surface area (Å²) in [4.78, 5) is 0. The van der Waals surface area contributed by atoms with E-state index in [1.165, 1.54) is 23.2 Å². The maximum absolute atomic E-state index is 12.8. The zero-order valence-corrected chi connectivity index (χ0v) is 9.41. The van der Waals surface area contributed by atoms with Gasteiger partial charge in [-0.3, -0.25) is 5.84 Å². The van der Waals surface area contributed by atoms with E-state index in [-0.39, 0.29) is 18.7 Å². The third kappa shape index (κ3) is 3.69. The van der Waals surface area contributed by atoms with Crippen molar-refractivity contribution in [1.29, 1.82) is 0 Å². The number of hydrogen-bond donors (Lipinski definition) is 2. The molecule has 1 aromatic rings. The molecule has 0 fully saturated rings. The van der Waals surface area contributed by atoms with Crippen LogP contribution < -0.4 is 5.84 Å². The Morgan fingerprint density at radius 3 is 2.41 bits per heavy atom. The summed E-state index contributed by atoms with van der Waals surface area (Å²) in [7, 11) is 1.54. The van der Waals surface area contributed by atoms with Crippen molar-refractivity contribution in [3.63, 3.8) is 0 Å². The first-order valence-corrected chi connectivity index (χ1v) is 5.09. The van der Waals surface area contributed by atoms with E-state index < -0.39 is 17.7 Å². The van der Waals surface area contributed by atoms with Gasteiger partial charge in [0.25, 0.3) is 0 Å². The lowest BCUT2D eigenvalue weighted by Gasteiger charge is -2.22. The molecule has 0 saturated heterocycles. The highest BCUT2D eigenvalue weighted by molar-refractivity contribution is 5.33. The Kier molecular flexibility index (Phi) is 4.50. The number of rotatable bonds is 4. The monoisotopic (exact) mass is 248 g/mol. The summed E-state index contributed by atoms with van der Waals surface area (Å²) >= 11 is 0. The van der Waals surface area contributed by atoms with E-state index >= 15 is 0 Å². The fourth-order valence-electron chi connectivity index (χ4n) is 1.71. The van der Waals surface area contributed by atoms with Crippen molar-refractivity contribution in [2.24, 2.45) is 5.84 Å². The van der Waals surface area contributed by atoms with E-state index in [9.17, 15) is 13.2 Å². The van der Waals surface area contributed by atoms with Crippen LogP contribution in [0.25, 0.3) is 0 Å². The third-order valence-electron chi connectivity index (χ3n) is 2.43. The molecule has 96 valence electrons. The van der Waals surface area contributed by atoms with Crippen LogP contribution in [-0.4, -0.2) is 30.3 Å². The van der Waals surface area contributed by atoms with E-state index in [2.05, 4.69) is 0 Å². The number of halogens is 3. The summed E-state index contributed by atoms with van der Waals surface area (Å²) in [5.41, 5.74) is -0.652. The molecule has 0 saturated carbocycles. The second-order valence-corrected chi connectivity index (χ2v) is 3.90. The van der Waals surface area contributed by atoms with Crippen molar-refractivity contribution in [3.8, 4) is 0 Å². The molecule has 0 heterocycles. The molecule has 0 radical (unpaired) electrons. The molecule has 6 heteroatoms. The zero-order chi connectivity index (χ0) is 13.1. The fourth-order valence-corrected chi connectivity index (χ4v) is 1.71. The van der Waals surface area contributed by atoms with Gasteiger partial charge in [0, 0.05) is 19.5 Å². The van der Waals surface area contributed by atoms with Crippen molar-refractivity contribution >= 4 is 0 Å². The van der Waals surface area contributed by atoms with Gasteiger partial charge in [-0.1, -0.05) is 18.2 Å². The summed E-state index contributed by atoms with van der Waals surface area (Å²) in [6.45, 7) is -0.224. The molecule has 0 bridgehead atoms. The van der Waals surface area contributed by atoms with Crippen molar-refractivity contribution in [2.75, 3.05) is 20.2 Å². The number of likely N-dealkylation sites (N-methyl/N-ethyl adjacent to an activating group) is 1. The first-order chi connectivity index (χ1) is 7.86. The van der Waals surface area contributed by atoms with Gasteiger partial charge in [-0.25, -0.2) is 5.01 Å². The predicted molar refractivity (Wildman–Crippen MR) is 58.1 cm³/mol. The molecule has 17 heavy (non-hydrogen) atoms. The second-order valence-electron chi connectivity index (χ2n) is 3.90. The van der Waals surface area contributed by atoms with Crippen molar-refractivity contribution in [2.45, 2.75) is 12.1 Å². The second kappa shape index (κ2) is 5.48. The van der Waals surface area contributed by atoms with Gasteiger partial charge in [0.15, 0.2) is 0 Å². The van der Waals surface area contributed by atoms with Gasteiger partial charge in [0.2, 0.25) is 0 Å². The maximum atomic E-state index is 12.8. The van der Waals surface area contributed by atoms with Gasteiger partial charge in [-0.15, -0.1) is 0 Å². The Morgan fingerprint density at radius 1 is 1.35 bits per heavy atom. The van der Waals surface area contributed by atoms with Crippen LogP contribution in [0.3, 0.4) is 0 Å². The van der Waals surface area contributed by atoms with Gasteiger partial charge in [0.05, 0.1) is 12.2 Å². The summed E-state index contributed by atoms with van der Waals surface area (Å²) in [6, 6.07) is 5.22. The standard InChI is InChI=1S/C11H15F3N2O/c1-16(15)6-8(7-17)9-4-2-3-5-10(9)11(12,13)14/h2-5,8,17H,6-7,15H2,1H3. The van der Waals surface area contributed by atoms with E-state index in [1.54, 1.807) is 7.05 Å². The van der Waals surface area contributed by atoms with Crippen LogP contribution in [-0.2, 0) is 6.18 Å². The average molecular weight is 248 g/mol. The van der Waals surface area contributed by atoms with Crippen LogP contribution >= 0.6 is 0 Å². The molecule has 1 rings (SSSR count). The molecule has 0 aliphatic heterocycles. The quantitative estimate of drug-likeness (QED) is 0.628. The van der Waals surface area contributed by atoms with Crippen LogP contribution in [0.4, 0.5) is 13.2 Å². The molecular formula is C11H15F3N2O. The Bertz CT molecular complexity index is 366. The van der Waals surface area contributed by atoms with Crippen molar-refractivity contribution in [3.05, 3.63) is 35.4 Å². The van der Waals surface area contributed by atoms with Gasteiger partial charge < -0.3 is 5.11 Å². The van der Waals surface area contributed by atoms with Crippen LogP contribution in [0.1, 0.15) is 17.0 Å². The number of alkyl halides is 3. The Morgan fingerprint density at radius 2 is 1.94 bits per heavy atom. The van der Waals surface area contributed by atoms with Crippen LogP contribution in [0, 0.1) is 0 Å². The molecule has 0 amide bonds. The molecule has 3 nitrogen and oxygen atoms in total. The SMILES string of the molecule is CN(N)CC(CO)c1ccccc1C(F)(F)F. The Labute approximate surface area is 97.6 Å². The van der Waals surface area contributed by atoms with Crippen molar-refractivity contribution < 1.29 is 18.3 Å². The predicted octanol–water partition coefficient (Wildman–Crippen LogP) is 1.59. The van der Waals surface area contributed by atoms with E-state index in [0.29, 0.717) is 0 Å². The van der Waals surface area contributed by atoms with Crippen LogP contribution in [0.5, 0.6) is 0 Å². The van der Waals surface area contributed by atoms with Gasteiger partial charge in [-0.05, 0) is 11.6 Å². The van der Waals surface area contributed by atoms with Gasteiger partial charge in [-0.2, -0.15) is 13.2 Å². The summed E-state index contributed by atoms with van der Waals surface area (Å²) in [5, 5.41) is 10.4. The minimum Gasteiger partial charge on any atom is -0.396 e. The minimum atomic E-state index is -4.42. The summed E-state index contributed by atoms with van der Waals surface area (Å²) in [6.07, 6.45) is -4.42. The number of benzene rings is 1. The van der Waals surface area contributed by atoms with E-state index in [0.717, 1.165) is 6.07 Å². The highest BCUT2D eigenvalue weighted by Crippen LogP contribution is 2.35. The molecule has 0 aromatic heterocycles. The van der Waals surface area contributed by atoms with Gasteiger partial charge >= 0.3 is 6.18 Å². The normalized spacial score (nSPS) is 14.1. The third-order valence-corrected chi connectivity index (χ3v) is 2.43. The largest absolute Gasteiger partial charge is 0.416 e. The summed E-state index contributed by atoms with van der Waals surface area (Å²) in [5.74, 6) is 4.76. The zero-order valence-electron chi connectivity index (χ0n) is 9.41. The lowest BCUT2D eigenvalue weighted by Crippen LogP contribution is -2.32. The lowest BCUT2D eigenvalue weighted by molar-refractivity contribution is -0.138. The number of aliphatic hydroxyl groups excluding tert-OH is 1. The average Bonchev–Trinajstić information content (AvgIpc) is 2.24. The lowest BCUT2D eigenvalue weighted by atomic mass is 9.94. The smallest absolute Gasteiger partial charge is 0.396 e. The Balaban J connectivity index is 3.11. The van der Waals surface area contributed by atoms with Crippen LogP contribution in [0.2, 0.25) is 0 Å². The number of aliphatic hydroxyl groups is 1. The van der Waals surface area contributed by atoms with E-state index in [1.807, 2.05) is 0 Å². The van der Waals surface area contributed by atoms with Gasteiger partial charge in [0.1, 0.15) is 0 Å². The first-order valence-electron chi connectivity index (χ1n) is 5.09. The highest BCUT2D eigenvalue weighted by Gasteiger charge is 2.34. The molecule has 0 aliphatic rings. The molecule has 0 aliphatic carbocycles. The molecular weight excluding hydrogens is 233 g/mol. The molecule has 0 spiro atoms. The first kappa shape index (κ1) is 14.0. The number of hydrogen-bond acceptors (Lipinski definition) is 3. The summed E-state index contributed by atoms with van der Waals surface area (Å²) < 4.78 is 38.3. The molecule has 1 atom stereocenters. The van der Waals surface area contributed by atoms with E-state index in [4.69, 9.17) is 10.9 Å². The fraction of sp³-hybridized carbons (Fsp3) is 0.455. The minimum absolute atomic E-state index is 0.0693.